The second kappa shape index (κ2) is 5.21. The molecule has 6 nitrogen and oxygen atoms in total. The SMILES string of the molecule is COc1cc(OC)cc(-c2nnc3cc(Cl)nc(C)n23)c1. The van der Waals surface area contributed by atoms with E-state index in [4.69, 9.17) is 21.1 Å². The van der Waals surface area contributed by atoms with Crippen molar-refractivity contribution in [3.8, 4) is 22.9 Å². The fourth-order valence-electron chi connectivity index (χ4n) is 2.18. The molecule has 0 unspecified atom stereocenters. The molecule has 1 aromatic carbocycles. The molecule has 0 aliphatic rings. The average molecular weight is 305 g/mol. The molecular formula is C14H13ClN4O2. The summed E-state index contributed by atoms with van der Waals surface area (Å²) in [6.45, 7) is 1.85. The molecule has 0 fully saturated rings. The van der Waals surface area contributed by atoms with Gasteiger partial charge in [-0.05, 0) is 19.1 Å². The number of ether oxygens (including phenoxy) is 2. The Morgan fingerprint density at radius 2 is 1.67 bits per heavy atom. The van der Waals surface area contributed by atoms with Crippen LogP contribution in [0.25, 0.3) is 17.0 Å². The topological polar surface area (TPSA) is 61.5 Å². The lowest BCUT2D eigenvalue weighted by atomic mass is 10.2. The number of benzene rings is 1. The van der Waals surface area contributed by atoms with Gasteiger partial charge in [-0.25, -0.2) is 4.98 Å². The van der Waals surface area contributed by atoms with Gasteiger partial charge in [-0.2, -0.15) is 0 Å². The number of aromatic nitrogens is 4. The Kier molecular flexibility index (Phi) is 3.39. The predicted molar refractivity (Wildman–Crippen MR) is 79.1 cm³/mol. The number of aryl methyl sites for hydroxylation is 1. The highest BCUT2D eigenvalue weighted by atomic mass is 35.5. The molecular weight excluding hydrogens is 292 g/mol. The number of fused-ring (bicyclic) bond motifs is 1. The van der Waals surface area contributed by atoms with Crippen LogP contribution in [0, 0.1) is 6.92 Å². The summed E-state index contributed by atoms with van der Waals surface area (Å²) >= 11 is 5.94. The molecule has 21 heavy (non-hydrogen) atoms. The molecule has 2 heterocycles. The molecule has 2 aromatic heterocycles. The quantitative estimate of drug-likeness (QED) is 0.696. The maximum Gasteiger partial charge on any atom is 0.170 e. The largest absolute Gasteiger partial charge is 0.497 e. The monoisotopic (exact) mass is 304 g/mol. The maximum absolute atomic E-state index is 5.94. The van der Waals surface area contributed by atoms with Crippen LogP contribution in [0.4, 0.5) is 0 Å². The lowest BCUT2D eigenvalue weighted by molar-refractivity contribution is 0.394. The normalized spacial score (nSPS) is 10.9. The highest BCUT2D eigenvalue weighted by Gasteiger charge is 2.14. The van der Waals surface area contributed by atoms with E-state index in [9.17, 15) is 0 Å². The average Bonchev–Trinajstić information content (AvgIpc) is 2.90. The molecule has 0 atom stereocenters. The van der Waals surface area contributed by atoms with Gasteiger partial charge < -0.3 is 9.47 Å². The van der Waals surface area contributed by atoms with Crippen LogP contribution in [0.2, 0.25) is 5.15 Å². The van der Waals surface area contributed by atoms with Crippen molar-refractivity contribution in [2.24, 2.45) is 0 Å². The van der Waals surface area contributed by atoms with Crippen molar-refractivity contribution < 1.29 is 9.47 Å². The van der Waals surface area contributed by atoms with Crippen molar-refractivity contribution in [3.05, 3.63) is 35.2 Å². The molecule has 0 spiro atoms. The zero-order chi connectivity index (χ0) is 15.0. The van der Waals surface area contributed by atoms with E-state index in [1.807, 2.05) is 23.5 Å². The number of halogens is 1. The van der Waals surface area contributed by atoms with Gasteiger partial charge in [0.15, 0.2) is 11.5 Å². The van der Waals surface area contributed by atoms with Gasteiger partial charge in [0, 0.05) is 17.7 Å². The molecule has 3 aromatic rings. The summed E-state index contributed by atoms with van der Waals surface area (Å²) in [5, 5.41) is 8.75. The summed E-state index contributed by atoms with van der Waals surface area (Å²) in [7, 11) is 3.21. The van der Waals surface area contributed by atoms with E-state index in [-0.39, 0.29) is 0 Å². The van der Waals surface area contributed by atoms with E-state index in [1.165, 1.54) is 0 Å². The fourth-order valence-corrected chi connectivity index (χ4v) is 2.40. The van der Waals surface area contributed by atoms with E-state index >= 15 is 0 Å². The lowest BCUT2D eigenvalue weighted by Crippen LogP contribution is -1.98. The Balaban J connectivity index is 2.25. The van der Waals surface area contributed by atoms with Crippen LogP contribution in [0.1, 0.15) is 5.82 Å². The van der Waals surface area contributed by atoms with Crippen LogP contribution >= 0.6 is 11.6 Å². The van der Waals surface area contributed by atoms with Gasteiger partial charge in [0.05, 0.1) is 14.2 Å². The van der Waals surface area contributed by atoms with Gasteiger partial charge in [-0.15, -0.1) is 10.2 Å². The molecule has 108 valence electrons. The Hall–Kier alpha value is -2.34. The van der Waals surface area contributed by atoms with Gasteiger partial charge in [-0.1, -0.05) is 11.6 Å². The molecule has 0 aliphatic heterocycles. The molecule has 0 N–H and O–H groups in total. The van der Waals surface area contributed by atoms with Crippen molar-refractivity contribution in [3.63, 3.8) is 0 Å². The summed E-state index contributed by atoms with van der Waals surface area (Å²) in [5.41, 5.74) is 1.47. The van der Waals surface area contributed by atoms with Gasteiger partial charge in [0.1, 0.15) is 22.5 Å². The third-order valence-corrected chi connectivity index (χ3v) is 3.33. The Labute approximate surface area is 126 Å². The number of hydrogen-bond acceptors (Lipinski definition) is 5. The van der Waals surface area contributed by atoms with Crippen molar-refractivity contribution in [1.82, 2.24) is 19.6 Å². The fraction of sp³-hybridized carbons (Fsp3) is 0.214. The summed E-state index contributed by atoms with van der Waals surface area (Å²) in [5.74, 6) is 2.73. The summed E-state index contributed by atoms with van der Waals surface area (Å²) in [6, 6.07) is 7.21. The minimum atomic E-state index is 0.391. The van der Waals surface area contributed by atoms with Crippen LogP contribution < -0.4 is 9.47 Å². The zero-order valence-electron chi connectivity index (χ0n) is 11.8. The first-order chi connectivity index (χ1) is 10.1. The van der Waals surface area contributed by atoms with E-state index in [2.05, 4.69) is 15.2 Å². The van der Waals surface area contributed by atoms with E-state index in [0.29, 0.717) is 33.9 Å². The van der Waals surface area contributed by atoms with Gasteiger partial charge >= 0.3 is 0 Å². The van der Waals surface area contributed by atoms with Gasteiger partial charge in [0.2, 0.25) is 0 Å². The van der Waals surface area contributed by atoms with Crippen LogP contribution in [0.15, 0.2) is 24.3 Å². The maximum atomic E-state index is 5.94. The smallest absolute Gasteiger partial charge is 0.170 e. The highest BCUT2D eigenvalue weighted by molar-refractivity contribution is 6.29. The first kappa shape index (κ1) is 13.6. The molecule has 0 aliphatic carbocycles. The molecule has 0 amide bonds. The number of nitrogens with zero attached hydrogens (tertiary/aromatic N) is 4. The molecule has 0 saturated heterocycles. The minimum absolute atomic E-state index is 0.391. The Morgan fingerprint density at radius 3 is 2.29 bits per heavy atom. The standard InChI is InChI=1S/C14H13ClN4O2/c1-8-16-12(15)7-13-17-18-14(19(8)13)9-4-10(20-2)6-11(5-9)21-3/h4-7H,1-3H3. The Bertz CT molecular complexity index is 794. The van der Waals surface area contributed by atoms with Gasteiger partial charge in [-0.3, -0.25) is 4.40 Å². The number of rotatable bonds is 3. The highest BCUT2D eigenvalue weighted by Crippen LogP contribution is 2.29. The molecule has 3 rings (SSSR count). The number of hydrogen-bond donors (Lipinski definition) is 0. The van der Waals surface area contributed by atoms with Crippen molar-refractivity contribution in [2.45, 2.75) is 6.92 Å². The Morgan fingerprint density at radius 1 is 1.00 bits per heavy atom. The first-order valence-electron chi connectivity index (χ1n) is 6.24. The molecule has 0 bridgehead atoms. The third-order valence-electron chi connectivity index (χ3n) is 3.14. The van der Waals surface area contributed by atoms with Crippen LogP contribution in [-0.2, 0) is 0 Å². The summed E-state index contributed by atoms with van der Waals surface area (Å²) in [4.78, 5) is 4.23. The van der Waals surface area contributed by atoms with E-state index in [1.54, 1.807) is 26.4 Å². The van der Waals surface area contributed by atoms with E-state index < -0.39 is 0 Å². The first-order valence-corrected chi connectivity index (χ1v) is 6.62. The minimum Gasteiger partial charge on any atom is -0.497 e. The van der Waals surface area contributed by atoms with Crippen LogP contribution in [0.5, 0.6) is 11.5 Å². The summed E-state index contributed by atoms with van der Waals surface area (Å²) < 4.78 is 12.4. The zero-order valence-corrected chi connectivity index (χ0v) is 12.5. The predicted octanol–water partition coefficient (Wildman–Crippen LogP) is 2.77. The lowest BCUT2D eigenvalue weighted by Gasteiger charge is -2.08. The van der Waals surface area contributed by atoms with Gasteiger partial charge in [0.25, 0.3) is 0 Å². The van der Waals surface area contributed by atoms with Crippen LogP contribution in [-0.4, -0.2) is 33.8 Å². The summed E-state index contributed by atoms with van der Waals surface area (Å²) in [6.07, 6.45) is 0. The van der Waals surface area contributed by atoms with Crippen molar-refractivity contribution in [1.29, 1.82) is 0 Å². The van der Waals surface area contributed by atoms with Crippen molar-refractivity contribution >= 4 is 17.2 Å². The number of methoxy groups -OCH3 is 2. The molecule has 0 saturated carbocycles. The molecule has 7 heteroatoms. The molecule has 0 radical (unpaired) electrons. The van der Waals surface area contributed by atoms with E-state index in [0.717, 1.165) is 5.56 Å². The second-order valence-electron chi connectivity index (χ2n) is 4.44. The van der Waals surface area contributed by atoms with Crippen LogP contribution in [0.3, 0.4) is 0 Å². The third kappa shape index (κ3) is 2.38. The van der Waals surface area contributed by atoms with Crippen molar-refractivity contribution in [2.75, 3.05) is 14.2 Å². The second-order valence-corrected chi connectivity index (χ2v) is 4.83.